The first-order valence-corrected chi connectivity index (χ1v) is 5.54. The fraction of sp³-hybridized carbons (Fsp3) is 1.00. The molecule has 0 bridgehead atoms. The molecule has 1 fully saturated rings. The van der Waals surface area contributed by atoms with Gasteiger partial charge in [0.1, 0.15) is 0 Å². The third kappa shape index (κ3) is 1.71. The van der Waals surface area contributed by atoms with Crippen molar-refractivity contribution >= 4 is 26.0 Å². The zero-order valence-electron chi connectivity index (χ0n) is 5.33. The van der Waals surface area contributed by atoms with Crippen LogP contribution in [-0.4, -0.2) is 23.0 Å². The van der Waals surface area contributed by atoms with Gasteiger partial charge in [0.25, 0.3) is 10.1 Å². The van der Waals surface area contributed by atoms with Crippen LogP contribution in [0.15, 0.2) is 0 Å². The Balaban J connectivity index is 2.74. The predicted octanol–water partition coefficient (Wildman–Crippen LogP) is 1.19. The summed E-state index contributed by atoms with van der Waals surface area (Å²) in [7, 11) is -3.80. The Bertz CT molecular complexity index is 211. The molecule has 2 unspecified atom stereocenters. The SMILES string of the molecule is O=S(=O)(O)C1CCCC1Br. The molecule has 1 aliphatic rings. The van der Waals surface area contributed by atoms with Crippen LogP contribution >= 0.6 is 15.9 Å². The maximum Gasteiger partial charge on any atom is 0.268 e. The van der Waals surface area contributed by atoms with E-state index in [1.165, 1.54) is 0 Å². The van der Waals surface area contributed by atoms with Crippen LogP contribution in [0.5, 0.6) is 0 Å². The second-order valence-electron chi connectivity index (χ2n) is 2.50. The largest absolute Gasteiger partial charge is 0.285 e. The minimum absolute atomic E-state index is 0.0532. The first-order chi connectivity index (χ1) is 4.52. The van der Waals surface area contributed by atoms with Crippen molar-refractivity contribution in [2.75, 3.05) is 0 Å². The highest BCUT2D eigenvalue weighted by atomic mass is 79.9. The third-order valence-electron chi connectivity index (χ3n) is 1.75. The minimum atomic E-state index is -3.80. The van der Waals surface area contributed by atoms with Gasteiger partial charge in [-0.3, -0.25) is 4.55 Å². The second kappa shape index (κ2) is 2.79. The van der Waals surface area contributed by atoms with E-state index in [2.05, 4.69) is 15.9 Å². The van der Waals surface area contributed by atoms with Crippen molar-refractivity contribution in [2.45, 2.75) is 29.3 Å². The molecule has 1 N–H and O–H groups in total. The molecule has 5 heteroatoms. The molecule has 0 radical (unpaired) electrons. The summed E-state index contributed by atoms with van der Waals surface area (Å²) < 4.78 is 29.8. The highest BCUT2D eigenvalue weighted by Crippen LogP contribution is 2.30. The van der Waals surface area contributed by atoms with Gasteiger partial charge < -0.3 is 0 Å². The number of rotatable bonds is 1. The molecule has 0 aliphatic heterocycles. The maximum atomic E-state index is 10.6. The lowest BCUT2D eigenvalue weighted by atomic mass is 10.4. The zero-order valence-corrected chi connectivity index (χ0v) is 7.73. The molecule has 0 spiro atoms. The van der Waals surface area contributed by atoms with Gasteiger partial charge in [-0.1, -0.05) is 22.4 Å². The van der Waals surface area contributed by atoms with Crippen LogP contribution in [0.2, 0.25) is 0 Å². The van der Waals surface area contributed by atoms with Crippen molar-refractivity contribution in [1.82, 2.24) is 0 Å². The molecule has 0 saturated heterocycles. The second-order valence-corrected chi connectivity index (χ2v) is 5.31. The van der Waals surface area contributed by atoms with E-state index >= 15 is 0 Å². The van der Waals surface area contributed by atoms with Gasteiger partial charge in [-0.2, -0.15) is 8.42 Å². The number of halogens is 1. The number of hydrogen-bond acceptors (Lipinski definition) is 2. The first-order valence-electron chi connectivity index (χ1n) is 3.12. The van der Waals surface area contributed by atoms with E-state index < -0.39 is 15.4 Å². The fourth-order valence-electron chi connectivity index (χ4n) is 1.22. The summed E-state index contributed by atoms with van der Waals surface area (Å²) in [6.45, 7) is 0. The Hall–Kier alpha value is 0.390. The van der Waals surface area contributed by atoms with Crippen molar-refractivity contribution in [3.63, 3.8) is 0 Å². The van der Waals surface area contributed by atoms with Gasteiger partial charge in [0.15, 0.2) is 0 Å². The van der Waals surface area contributed by atoms with E-state index in [1.54, 1.807) is 0 Å². The van der Waals surface area contributed by atoms with Gasteiger partial charge in [-0.25, -0.2) is 0 Å². The molecule has 0 heterocycles. The highest BCUT2D eigenvalue weighted by Gasteiger charge is 2.34. The lowest BCUT2D eigenvalue weighted by Gasteiger charge is -2.08. The summed E-state index contributed by atoms with van der Waals surface area (Å²) >= 11 is 3.20. The van der Waals surface area contributed by atoms with Crippen molar-refractivity contribution in [1.29, 1.82) is 0 Å². The quantitative estimate of drug-likeness (QED) is 0.542. The van der Waals surface area contributed by atoms with Crippen molar-refractivity contribution in [3.05, 3.63) is 0 Å². The summed E-state index contributed by atoms with van der Waals surface area (Å²) in [5, 5.41) is -0.576. The summed E-state index contributed by atoms with van der Waals surface area (Å²) in [4.78, 5) is -0.0532. The third-order valence-corrected chi connectivity index (χ3v) is 4.53. The van der Waals surface area contributed by atoms with Gasteiger partial charge in [-0.05, 0) is 12.8 Å². The summed E-state index contributed by atoms with van der Waals surface area (Å²) in [5.74, 6) is 0. The van der Waals surface area contributed by atoms with E-state index in [-0.39, 0.29) is 4.83 Å². The number of hydrogen-bond donors (Lipinski definition) is 1. The van der Waals surface area contributed by atoms with Crippen molar-refractivity contribution in [2.24, 2.45) is 0 Å². The number of alkyl halides is 1. The topological polar surface area (TPSA) is 54.4 Å². The molecule has 0 aromatic rings. The molecule has 1 aliphatic carbocycles. The van der Waals surface area contributed by atoms with Crippen LogP contribution in [0.3, 0.4) is 0 Å². The Kier molecular flexibility index (Phi) is 2.37. The van der Waals surface area contributed by atoms with Crippen molar-refractivity contribution in [3.8, 4) is 0 Å². The average Bonchev–Trinajstić information content (AvgIpc) is 2.11. The normalized spacial score (nSPS) is 34.6. The molecule has 1 rings (SSSR count). The Morgan fingerprint density at radius 3 is 2.20 bits per heavy atom. The Morgan fingerprint density at radius 2 is 2.00 bits per heavy atom. The molecule has 60 valence electrons. The summed E-state index contributed by atoms with van der Waals surface area (Å²) in [6, 6.07) is 0. The lowest BCUT2D eigenvalue weighted by molar-refractivity contribution is 0.468. The van der Waals surface area contributed by atoms with E-state index in [1.807, 2.05) is 0 Å². The predicted molar refractivity (Wildman–Crippen MR) is 41.9 cm³/mol. The molecule has 10 heavy (non-hydrogen) atoms. The Morgan fingerprint density at radius 1 is 1.40 bits per heavy atom. The molecule has 2 atom stereocenters. The lowest BCUT2D eigenvalue weighted by Crippen LogP contribution is -2.24. The first kappa shape index (κ1) is 8.49. The van der Waals surface area contributed by atoms with Crippen LogP contribution < -0.4 is 0 Å². The van der Waals surface area contributed by atoms with Gasteiger partial charge in [-0.15, -0.1) is 0 Å². The highest BCUT2D eigenvalue weighted by molar-refractivity contribution is 9.09. The molecule has 0 aromatic heterocycles. The molecular formula is C5H9BrO3S. The van der Waals surface area contributed by atoms with Crippen LogP contribution in [0.25, 0.3) is 0 Å². The van der Waals surface area contributed by atoms with Crippen LogP contribution in [0.4, 0.5) is 0 Å². The van der Waals surface area contributed by atoms with E-state index in [4.69, 9.17) is 4.55 Å². The van der Waals surface area contributed by atoms with Crippen LogP contribution in [0.1, 0.15) is 19.3 Å². The van der Waals surface area contributed by atoms with E-state index in [0.29, 0.717) is 6.42 Å². The van der Waals surface area contributed by atoms with Gasteiger partial charge >= 0.3 is 0 Å². The fourth-order valence-corrected chi connectivity index (χ4v) is 3.60. The summed E-state index contributed by atoms with van der Waals surface area (Å²) in [5.41, 5.74) is 0. The van der Waals surface area contributed by atoms with Crippen molar-refractivity contribution < 1.29 is 13.0 Å². The molecule has 0 amide bonds. The molecular weight excluding hydrogens is 220 g/mol. The molecule has 1 saturated carbocycles. The zero-order chi connectivity index (χ0) is 7.78. The molecule has 0 aromatic carbocycles. The van der Waals surface area contributed by atoms with E-state index in [0.717, 1.165) is 12.8 Å². The maximum absolute atomic E-state index is 10.6. The van der Waals surface area contributed by atoms with Gasteiger partial charge in [0.2, 0.25) is 0 Å². The average molecular weight is 229 g/mol. The smallest absolute Gasteiger partial charge is 0.268 e. The van der Waals surface area contributed by atoms with Gasteiger partial charge in [0, 0.05) is 4.83 Å². The monoisotopic (exact) mass is 228 g/mol. The molecule has 3 nitrogen and oxygen atoms in total. The van der Waals surface area contributed by atoms with Crippen LogP contribution in [-0.2, 0) is 10.1 Å². The summed E-state index contributed by atoms with van der Waals surface area (Å²) in [6.07, 6.45) is 2.29. The van der Waals surface area contributed by atoms with Gasteiger partial charge in [0.05, 0.1) is 5.25 Å². The standard InChI is InChI=1S/C5H9BrO3S/c6-4-2-1-3-5(4)10(7,8)9/h4-5H,1-3H2,(H,7,8,9). The van der Waals surface area contributed by atoms with Crippen LogP contribution in [0, 0.1) is 0 Å². The minimum Gasteiger partial charge on any atom is -0.285 e. The Labute approximate surface area is 68.7 Å². The van der Waals surface area contributed by atoms with E-state index in [9.17, 15) is 8.42 Å².